The van der Waals surface area contributed by atoms with Crippen molar-refractivity contribution in [3.8, 4) is 0 Å². The molecule has 1 unspecified atom stereocenters. The van der Waals surface area contributed by atoms with E-state index in [1.165, 1.54) is 12.4 Å². The summed E-state index contributed by atoms with van der Waals surface area (Å²) in [6, 6.07) is 3.68. The van der Waals surface area contributed by atoms with Gasteiger partial charge in [0.15, 0.2) is 0 Å². The SMILES string of the molecule is CSNCC1CCCN(c2ncnc3cc(C(F)(F)F)ccc23)C1. The predicted octanol–water partition coefficient (Wildman–Crippen LogP) is 3.73. The van der Waals surface area contributed by atoms with E-state index in [0.29, 0.717) is 16.8 Å². The molecule has 1 aromatic heterocycles. The number of benzene rings is 1. The fraction of sp³-hybridized carbons (Fsp3) is 0.500. The molecule has 0 bridgehead atoms. The van der Waals surface area contributed by atoms with E-state index in [1.807, 2.05) is 6.26 Å². The maximum absolute atomic E-state index is 12.9. The maximum atomic E-state index is 12.9. The highest BCUT2D eigenvalue weighted by molar-refractivity contribution is 7.96. The molecule has 8 heteroatoms. The highest BCUT2D eigenvalue weighted by atomic mass is 32.2. The summed E-state index contributed by atoms with van der Waals surface area (Å²) < 4.78 is 41.9. The molecule has 1 aromatic carbocycles. The van der Waals surface area contributed by atoms with Gasteiger partial charge in [-0.25, -0.2) is 9.97 Å². The third-order valence-corrected chi connectivity index (χ3v) is 4.73. The first-order chi connectivity index (χ1) is 11.5. The summed E-state index contributed by atoms with van der Waals surface area (Å²) in [6.45, 7) is 2.63. The molecule has 0 aliphatic carbocycles. The molecule has 1 fully saturated rings. The van der Waals surface area contributed by atoms with Crippen molar-refractivity contribution in [3.05, 3.63) is 30.1 Å². The van der Waals surface area contributed by atoms with Gasteiger partial charge < -0.3 is 4.90 Å². The van der Waals surface area contributed by atoms with Crippen LogP contribution in [0.25, 0.3) is 10.9 Å². The highest BCUT2D eigenvalue weighted by Gasteiger charge is 2.31. The Bertz CT molecular complexity index is 707. The van der Waals surface area contributed by atoms with Gasteiger partial charge in [0.25, 0.3) is 0 Å². The molecule has 1 saturated heterocycles. The van der Waals surface area contributed by atoms with Gasteiger partial charge in [0.1, 0.15) is 12.1 Å². The normalized spacial score (nSPS) is 19.0. The van der Waals surface area contributed by atoms with Gasteiger partial charge in [-0.15, -0.1) is 0 Å². The van der Waals surface area contributed by atoms with E-state index in [9.17, 15) is 13.2 Å². The Hall–Kier alpha value is -1.54. The molecule has 0 amide bonds. The minimum Gasteiger partial charge on any atom is -0.356 e. The Morgan fingerprint density at radius 2 is 2.17 bits per heavy atom. The second-order valence-electron chi connectivity index (χ2n) is 5.93. The summed E-state index contributed by atoms with van der Waals surface area (Å²) in [7, 11) is 0. The largest absolute Gasteiger partial charge is 0.416 e. The molecule has 4 nitrogen and oxygen atoms in total. The fourth-order valence-corrected chi connectivity index (χ4v) is 3.50. The van der Waals surface area contributed by atoms with Crippen molar-refractivity contribution in [3.63, 3.8) is 0 Å². The van der Waals surface area contributed by atoms with Crippen LogP contribution in [0.2, 0.25) is 0 Å². The van der Waals surface area contributed by atoms with E-state index in [1.54, 1.807) is 11.9 Å². The topological polar surface area (TPSA) is 41.0 Å². The fourth-order valence-electron chi connectivity index (χ4n) is 3.10. The lowest BCUT2D eigenvalue weighted by molar-refractivity contribution is -0.137. The molecule has 0 spiro atoms. The Morgan fingerprint density at radius 3 is 2.92 bits per heavy atom. The van der Waals surface area contributed by atoms with Crippen LogP contribution in [0.3, 0.4) is 0 Å². The Morgan fingerprint density at radius 1 is 1.33 bits per heavy atom. The Kier molecular flexibility index (Phi) is 5.15. The molecule has 2 heterocycles. The van der Waals surface area contributed by atoms with E-state index < -0.39 is 11.7 Å². The van der Waals surface area contributed by atoms with Gasteiger partial charge in [0.05, 0.1) is 11.1 Å². The lowest BCUT2D eigenvalue weighted by Crippen LogP contribution is -2.39. The average Bonchev–Trinajstić information content (AvgIpc) is 2.58. The quantitative estimate of drug-likeness (QED) is 0.846. The van der Waals surface area contributed by atoms with Crippen LogP contribution in [0.4, 0.5) is 19.0 Å². The van der Waals surface area contributed by atoms with E-state index in [2.05, 4.69) is 19.6 Å². The number of hydrogen-bond donors (Lipinski definition) is 1. The number of anilines is 1. The van der Waals surface area contributed by atoms with E-state index in [4.69, 9.17) is 0 Å². The summed E-state index contributed by atoms with van der Waals surface area (Å²) >= 11 is 1.60. The molecule has 24 heavy (non-hydrogen) atoms. The predicted molar refractivity (Wildman–Crippen MR) is 91.0 cm³/mol. The number of aromatic nitrogens is 2. The average molecular weight is 356 g/mol. The van der Waals surface area contributed by atoms with Crippen LogP contribution in [-0.2, 0) is 6.18 Å². The molecule has 2 aromatic rings. The number of rotatable bonds is 4. The molecule has 1 atom stereocenters. The summed E-state index contributed by atoms with van der Waals surface area (Å²) in [5.74, 6) is 1.23. The standard InChI is InChI=1S/C16H19F3N4S/c1-24-22-8-11-3-2-6-23(9-11)15-13-5-4-12(16(17,18)19)7-14(13)20-10-21-15/h4-5,7,10-11,22H,2-3,6,8-9H2,1H3. The number of nitrogens with zero attached hydrogens (tertiary/aromatic N) is 3. The number of fused-ring (bicyclic) bond motifs is 1. The van der Waals surface area contributed by atoms with E-state index in [-0.39, 0.29) is 0 Å². The number of alkyl halides is 3. The molecular formula is C16H19F3N4S. The van der Waals surface area contributed by atoms with Crippen molar-refractivity contribution in [1.82, 2.24) is 14.7 Å². The summed E-state index contributed by atoms with van der Waals surface area (Å²) in [4.78, 5) is 10.5. The van der Waals surface area contributed by atoms with E-state index >= 15 is 0 Å². The Labute approximate surface area is 143 Å². The highest BCUT2D eigenvalue weighted by Crippen LogP contribution is 2.33. The molecule has 130 valence electrons. The molecular weight excluding hydrogens is 337 g/mol. The zero-order valence-corrected chi connectivity index (χ0v) is 14.1. The van der Waals surface area contributed by atoms with Crippen molar-refractivity contribution >= 4 is 28.7 Å². The zero-order chi connectivity index (χ0) is 17.2. The van der Waals surface area contributed by atoms with Crippen molar-refractivity contribution in [2.75, 3.05) is 30.8 Å². The first-order valence-electron chi connectivity index (χ1n) is 7.82. The number of halogens is 3. The number of nitrogens with one attached hydrogen (secondary N) is 1. The summed E-state index contributed by atoms with van der Waals surface area (Å²) in [5.41, 5.74) is -0.348. The number of hydrogen-bond acceptors (Lipinski definition) is 5. The van der Waals surface area contributed by atoms with Gasteiger partial charge in [-0.05, 0) is 43.2 Å². The van der Waals surface area contributed by atoms with Crippen molar-refractivity contribution in [1.29, 1.82) is 0 Å². The lowest BCUT2D eigenvalue weighted by Gasteiger charge is -2.34. The van der Waals surface area contributed by atoms with Crippen LogP contribution < -0.4 is 9.62 Å². The maximum Gasteiger partial charge on any atom is 0.416 e. The number of piperidine rings is 1. The monoisotopic (exact) mass is 356 g/mol. The van der Waals surface area contributed by atoms with Gasteiger partial charge in [0.2, 0.25) is 0 Å². The smallest absolute Gasteiger partial charge is 0.356 e. The van der Waals surface area contributed by atoms with Crippen molar-refractivity contribution < 1.29 is 13.2 Å². The van der Waals surface area contributed by atoms with Crippen molar-refractivity contribution in [2.24, 2.45) is 5.92 Å². The minimum atomic E-state index is -4.36. The van der Waals surface area contributed by atoms with Gasteiger partial charge in [0, 0.05) is 25.0 Å². The first-order valence-corrected chi connectivity index (χ1v) is 9.04. The second kappa shape index (κ2) is 7.14. The van der Waals surface area contributed by atoms with Crippen LogP contribution in [0.15, 0.2) is 24.5 Å². The third-order valence-electron chi connectivity index (χ3n) is 4.28. The first kappa shape index (κ1) is 17.3. The summed E-state index contributed by atoms with van der Waals surface area (Å²) in [5, 5.41) is 0.670. The molecule has 1 N–H and O–H groups in total. The van der Waals surface area contributed by atoms with Crippen molar-refractivity contribution in [2.45, 2.75) is 19.0 Å². The summed E-state index contributed by atoms with van der Waals surface area (Å²) in [6.07, 6.45) is 1.18. The van der Waals surface area contributed by atoms with Gasteiger partial charge in [-0.1, -0.05) is 11.9 Å². The molecule has 0 radical (unpaired) electrons. The van der Waals surface area contributed by atoms with Crippen LogP contribution in [0.1, 0.15) is 18.4 Å². The van der Waals surface area contributed by atoms with Gasteiger partial charge in [-0.2, -0.15) is 13.2 Å². The van der Waals surface area contributed by atoms with Crippen LogP contribution in [-0.4, -0.2) is 35.9 Å². The minimum absolute atomic E-state index is 0.333. The second-order valence-corrected chi connectivity index (χ2v) is 6.63. The third kappa shape index (κ3) is 3.75. The van der Waals surface area contributed by atoms with Gasteiger partial charge in [-0.3, -0.25) is 4.72 Å². The van der Waals surface area contributed by atoms with Crippen LogP contribution in [0, 0.1) is 5.92 Å². The lowest BCUT2D eigenvalue weighted by atomic mass is 9.98. The Balaban J connectivity index is 1.89. The van der Waals surface area contributed by atoms with E-state index in [0.717, 1.165) is 50.4 Å². The zero-order valence-electron chi connectivity index (χ0n) is 13.3. The van der Waals surface area contributed by atoms with Crippen LogP contribution in [0.5, 0.6) is 0 Å². The van der Waals surface area contributed by atoms with Crippen LogP contribution >= 0.6 is 11.9 Å². The molecule has 1 aliphatic rings. The van der Waals surface area contributed by atoms with Gasteiger partial charge >= 0.3 is 6.18 Å². The molecule has 0 saturated carbocycles. The molecule has 1 aliphatic heterocycles. The molecule has 3 rings (SSSR count).